The van der Waals surface area contributed by atoms with Crippen molar-refractivity contribution in [1.82, 2.24) is 0 Å². The average molecular weight is 663 g/mol. The zero-order valence-electron chi connectivity index (χ0n) is 28.5. The predicted molar refractivity (Wildman–Crippen MR) is 178 cm³/mol. The van der Waals surface area contributed by atoms with E-state index in [0.29, 0.717) is 5.57 Å². The number of aliphatic hydroxyl groups is 3. The van der Waals surface area contributed by atoms with E-state index in [4.69, 9.17) is 23.7 Å². The lowest BCUT2D eigenvalue weighted by atomic mass is 9.53. The standard InChI is InChI=1S/C39H50O9/c1-6-7-8-9-10-11-15-20-37-46-33-30-32-36(23-40,45-32)34(42)35(43)22-25(4)21-28(35)39(30,48-37)26(5)31(38(33,47-37)24(2)3)44-29(41)19-18-27-16-13-12-14-17-27/h12-21,26,28,30-34,40,42-43H,2,6-11,22-23H2,1,3-5H3/t26-,28-,30+,31-,32-,33-,34+,35-,36-,37-,38+,39+/m1/s1. The van der Waals surface area contributed by atoms with Crippen molar-refractivity contribution in [3.63, 3.8) is 0 Å². The van der Waals surface area contributed by atoms with Gasteiger partial charge in [0.2, 0.25) is 0 Å². The van der Waals surface area contributed by atoms with Crippen LogP contribution in [-0.2, 0) is 28.5 Å². The van der Waals surface area contributed by atoms with Crippen molar-refractivity contribution < 1.29 is 43.8 Å². The van der Waals surface area contributed by atoms with Crippen LogP contribution < -0.4 is 0 Å². The van der Waals surface area contributed by atoms with E-state index in [1.807, 2.05) is 69.3 Å². The first-order valence-corrected chi connectivity index (χ1v) is 17.7. The number of carbonyl (C=O) groups excluding carboxylic acids is 1. The number of aliphatic hydroxyl groups excluding tert-OH is 2. The third-order valence-electron chi connectivity index (χ3n) is 12.0. The molecule has 0 unspecified atom stereocenters. The van der Waals surface area contributed by atoms with E-state index >= 15 is 0 Å². The number of rotatable bonds is 12. The first kappa shape index (κ1) is 33.8. The molecule has 48 heavy (non-hydrogen) atoms. The maximum atomic E-state index is 13.6. The molecule has 3 bridgehead atoms. The van der Waals surface area contributed by atoms with Crippen molar-refractivity contribution in [2.75, 3.05) is 6.61 Å². The van der Waals surface area contributed by atoms with Gasteiger partial charge in [0.1, 0.15) is 35.6 Å². The van der Waals surface area contributed by atoms with Crippen molar-refractivity contribution in [2.45, 2.75) is 125 Å². The largest absolute Gasteiger partial charge is 0.455 e. The molecule has 2 saturated carbocycles. The Morgan fingerprint density at radius 3 is 2.56 bits per heavy atom. The molecule has 3 N–H and O–H groups in total. The van der Waals surface area contributed by atoms with E-state index in [1.54, 1.807) is 6.08 Å². The molecule has 0 amide bonds. The van der Waals surface area contributed by atoms with Crippen molar-refractivity contribution >= 4 is 12.0 Å². The number of epoxide rings is 1. The van der Waals surface area contributed by atoms with E-state index < -0.39 is 83.1 Å². The van der Waals surface area contributed by atoms with Gasteiger partial charge in [0.05, 0.1) is 12.2 Å². The molecule has 3 heterocycles. The summed E-state index contributed by atoms with van der Waals surface area (Å²) in [7, 11) is 0. The van der Waals surface area contributed by atoms with E-state index in [0.717, 1.165) is 30.4 Å². The fourth-order valence-electron chi connectivity index (χ4n) is 9.82. The van der Waals surface area contributed by atoms with Crippen LogP contribution in [0, 0.1) is 17.8 Å². The fraction of sp³-hybridized carbons (Fsp3) is 0.615. The Kier molecular flexibility index (Phi) is 8.47. The maximum Gasteiger partial charge on any atom is 0.331 e. The van der Waals surface area contributed by atoms with Crippen molar-refractivity contribution in [1.29, 1.82) is 0 Å². The van der Waals surface area contributed by atoms with Crippen LogP contribution in [0.2, 0.25) is 0 Å². The van der Waals surface area contributed by atoms with Gasteiger partial charge in [-0.15, -0.1) is 0 Å². The third kappa shape index (κ3) is 4.72. The molecule has 0 aromatic heterocycles. The summed E-state index contributed by atoms with van der Waals surface area (Å²) in [6.45, 7) is 11.8. The minimum atomic E-state index is -1.73. The lowest BCUT2D eigenvalue weighted by molar-refractivity contribution is -0.409. The van der Waals surface area contributed by atoms with Crippen LogP contribution in [0.4, 0.5) is 0 Å². The number of hydrogen-bond acceptors (Lipinski definition) is 9. The summed E-state index contributed by atoms with van der Waals surface area (Å²) in [5.74, 6) is -4.19. The minimum Gasteiger partial charge on any atom is -0.455 e. The van der Waals surface area contributed by atoms with Crippen LogP contribution in [0.25, 0.3) is 6.08 Å². The second-order valence-corrected chi connectivity index (χ2v) is 15.0. The van der Waals surface area contributed by atoms with Gasteiger partial charge in [-0.25, -0.2) is 4.79 Å². The third-order valence-corrected chi connectivity index (χ3v) is 12.0. The van der Waals surface area contributed by atoms with Gasteiger partial charge in [-0.05, 0) is 43.9 Å². The van der Waals surface area contributed by atoms with Gasteiger partial charge < -0.3 is 39.0 Å². The van der Waals surface area contributed by atoms with Gasteiger partial charge in [-0.3, -0.25) is 0 Å². The highest BCUT2D eigenvalue weighted by atomic mass is 16.9. The van der Waals surface area contributed by atoms with Crippen LogP contribution >= 0.6 is 0 Å². The van der Waals surface area contributed by atoms with Crippen LogP contribution in [0.3, 0.4) is 0 Å². The van der Waals surface area contributed by atoms with Crippen LogP contribution in [0.5, 0.6) is 0 Å². The molecule has 6 aliphatic rings. The summed E-state index contributed by atoms with van der Waals surface area (Å²) in [6.07, 6.45) is 11.7. The molecule has 3 aliphatic carbocycles. The van der Waals surface area contributed by atoms with Gasteiger partial charge in [0.15, 0.2) is 5.60 Å². The molecule has 5 fully saturated rings. The van der Waals surface area contributed by atoms with Gasteiger partial charge in [-0.2, -0.15) is 0 Å². The van der Waals surface area contributed by atoms with Crippen LogP contribution in [0.1, 0.15) is 78.2 Å². The van der Waals surface area contributed by atoms with Crippen LogP contribution in [-0.4, -0.2) is 80.7 Å². The molecule has 0 spiro atoms. The Hall–Kier alpha value is -2.63. The van der Waals surface area contributed by atoms with Crippen molar-refractivity contribution in [2.24, 2.45) is 17.8 Å². The quantitative estimate of drug-likeness (QED) is 0.0916. The molecule has 12 atom stereocenters. The van der Waals surface area contributed by atoms with Gasteiger partial charge in [-0.1, -0.05) is 94.2 Å². The summed E-state index contributed by atoms with van der Waals surface area (Å²) >= 11 is 0. The number of hydrogen-bond donors (Lipinski definition) is 3. The Morgan fingerprint density at radius 1 is 1.10 bits per heavy atom. The first-order valence-electron chi connectivity index (χ1n) is 17.7. The van der Waals surface area contributed by atoms with Crippen molar-refractivity contribution in [3.8, 4) is 0 Å². The topological polar surface area (TPSA) is 127 Å². The smallest absolute Gasteiger partial charge is 0.331 e. The zero-order valence-corrected chi connectivity index (χ0v) is 28.5. The monoisotopic (exact) mass is 662 g/mol. The SMILES string of the molecule is C=C(C)[C@@]12O[C@@]3(C=CCCCCCCC)O[C@@H]1[C@@H]1[C@H]4O[C@@]4(CO)[C@@H](O)[C@@]4(O)CC(C)=C[C@H]4[C@@]1(O3)[C@H](C)[C@H]2OC(=O)C=Cc1ccccc1. The summed E-state index contributed by atoms with van der Waals surface area (Å²) in [4.78, 5) is 13.6. The number of carbonyl (C=O) groups is 1. The molecule has 9 heteroatoms. The summed E-state index contributed by atoms with van der Waals surface area (Å²) in [5.41, 5.74) is -3.47. The number of fused-ring (bicyclic) bond motifs is 3. The average Bonchev–Trinajstić information content (AvgIpc) is 3.64. The molecule has 7 rings (SSSR count). The zero-order chi connectivity index (χ0) is 34.1. The summed E-state index contributed by atoms with van der Waals surface area (Å²) in [5, 5.41) is 35.1. The van der Waals surface area contributed by atoms with Gasteiger partial charge >= 0.3 is 11.9 Å². The predicted octanol–water partition coefficient (Wildman–Crippen LogP) is 5.15. The highest BCUT2D eigenvalue weighted by Gasteiger charge is 2.89. The minimum absolute atomic E-state index is 0.171. The normalized spacial score (nSPS) is 45.1. The highest BCUT2D eigenvalue weighted by molar-refractivity contribution is 5.87. The Labute approximate surface area is 283 Å². The fourth-order valence-corrected chi connectivity index (χ4v) is 9.82. The number of benzene rings is 1. The van der Waals surface area contributed by atoms with E-state index in [1.165, 1.54) is 25.3 Å². The Balaban J connectivity index is 1.34. The number of esters is 1. The Bertz CT molecular complexity index is 1520. The first-order chi connectivity index (χ1) is 22.9. The molecular weight excluding hydrogens is 612 g/mol. The van der Waals surface area contributed by atoms with E-state index in [9.17, 15) is 20.1 Å². The highest BCUT2D eigenvalue weighted by Crippen LogP contribution is 2.73. The molecule has 0 radical (unpaired) electrons. The van der Waals surface area contributed by atoms with Gasteiger partial charge in [0.25, 0.3) is 0 Å². The Morgan fingerprint density at radius 2 is 1.85 bits per heavy atom. The maximum absolute atomic E-state index is 13.6. The van der Waals surface area contributed by atoms with Crippen molar-refractivity contribution in [3.05, 3.63) is 77.9 Å². The summed E-state index contributed by atoms with van der Waals surface area (Å²) in [6, 6.07) is 9.49. The molecule has 3 saturated heterocycles. The lowest BCUT2D eigenvalue weighted by Crippen LogP contribution is -2.76. The van der Waals surface area contributed by atoms with Gasteiger partial charge in [0, 0.05) is 36.3 Å². The molecule has 1 aromatic rings. The summed E-state index contributed by atoms with van der Waals surface area (Å²) < 4.78 is 33.7. The van der Waals surface area contributed by atoms with E-state index in [2.05, 4.69) is 13.5 Å². The second kappa shape index (κ2) is 12.0. The molecule has 260 valence electrons. The van der Waals surface area contributed by atoms with Crippen LogP contribution in [0.15, 0.2) is 72.4 Å². The molecule has 3 aliphatic heterocycles. The number of ether oxygens (including phenoxy) is 5. The molecule has 1 aromatic carbocycles. The van der Waals surface area contributed by atoms with E-state index in [-0.39, 0.29) is 6.42 Å². The molecule has 9 nitrogen and oxygen atoms in total. The number of unbranched alkanes of at least 4 members (excludes halogenated alkanes) is 5. The second-order valence-electron chi connectivity index (χ2n) is 15.0. The number of allylic oxidation sites excluding steroid dienone is 1. The molecular formula is C39H50O9. The lowest BCUT2D eigenvalue weighted by Gasteiger charge is -2.61.